The highest BCUT2D eigenvalue weighted by Crippen LogP contribution is 2.31. The maximum atomic E-state index is 6.29. The molecule has 92 valence electrons. The van der Waals surface area contributed by atoms with Gasteiger partial charge < -0.3 is 10.2 Å². The number of hydrogen-bond acceptors (Lipinski definition) is 3. The first-order valence-electron chi connectivity index (χ1n) is 5.69. The molecule has 0 fully saturated rings. The van der Waals surface area contributed by atoms with Crippen molar-refractivity contribution in [2.45, 2.75) is 12.5 Å². The second kappa shape index (κ2) is 4.88. The van der Waals surface area contributed by atoms with Gasteiger partial charge >= 0.3 is 0 Å². The molecule has 2 aromatic heterocycles. The maximum Gasteiger partial charge on any atom is 0.134 e. The zero-order chi connectivity index (χ0) is 12.5. The molecule has 0 spiro atoms. The van der Waals surface area contributed by atoms with Gasteiger partial charge in [0, 0.05) is 32.8 Å². The molecule has 0 aliphatic carbocycles. The number of fused-ring (bicyclic) bond motifs is 1. The minimum absolute atomic E-state index is 0.0383. The molecule has 1 unspecified atom stereocenters. The molecule has 3 rings (SSSR count). The fourth-order valence-corrected chi connectivity index (χ4v) is 3.64. The van der Waals surface area contributed by atoms with Gasteiger partial charge in [-0.3, -0.25) is 0 Å². The lowest BCUT2D eigenvalue weighted by Gasteiger charge is -2.09. The Morgan fingerprint density at radius 3 is 2.89 bits per heavy atom. The van der Waals surface area contributed by atoms with Crippen molar-refractivity contribution in [2.75, 3.05) is 0 Å². The summed E-state index contributed by atoms with van der Waals surface area (Å²) in [5.41, 5.74) is 8.26. The quantitative estimate of drug-likeness (QED) is 0.771. The van der Waals surface area contributed by atoms with E-state index in [4.69, 9.17) is 10.2 Å². The fraction of sp³-hybridized carbons (Fsp3) is 0.143. The van der Waals surface area contributed by atoms with Crippen LogP contribution in [0.3, 0.4) is 0 Å². The van der Waals surface area contributed by atoms with Crippen LogP contribution in [-0.4, -0.2) is 0 Å². The summed E-state index contributed by atoms with van der Waals surface area (Å²) in [4.78, 5) is 1.27. The van der Waals surface area contributed by atoms with Gasteiger partial charge in [0.2, 0.25) is 0 Å². The van der Waals surface area contributed by atoms with Crippen LogP contribution in [0.4, 0.5) is 0 Å². The summed E-state index contributed by atoms with van der Waals surface area (Å²) < 4.78 is 6.67. The Balaban J connectivity index is 1.93. The topological polar surface area (TPSA) is 39.2 Å². The van der Waals surface area contributed by atoms with E-state index in [1.54, 1.807) is 17.6 Å². The van der Waals surface area contributed by atoms with Crippen LogP contribution in [0.1, 0.15) is 16.5 Å². The van der Waals surface area contributed by atoms with Gasteiger partial charge in [-0.2, -0.15) is 0 Å². The highest BCUT2D eigenvalue weighted by molar-refractivity contribution is 9.10. The Labute approximate surface area is 118 Å². The third-order valence-electron chi connectivity index (χ3n) is 3.01. The van der Waals surface area contributed by atoms with Crippen LogP contribution in [0, 0.1) is 0 Å². The average Bonchev–Trinajstić information content (AvgIpc) is 2.96. The van der Waals surface area contributed by atoms with Crippen molar-refractivity contribution >= 4 is 38.2 Å². The van der Waals surface area contributed by atoms with Crippen LogP contribution in [-0.2, 0) is 6.42 Å². The molecule has 0 radical (unpaired) electrons. The van der Waals surface area contributed by atoms with E-state index in [0.29, 0.717) is 0 Å². The number of nitrogens with two attached hydrogens (primary N) is 1. The van der Waals surface area contributed by atoms with Crippen molar-refractivity contribution < 1.29 is 4.42 Å². The molecule has 0 bridgehead atoms. The van der Waals surface area contributed by atoms with Crippen LogP contribution in [0.2, 0.25) is 0 Å². The monoisotopic (exact) mass is 321 g/mol. The highest BCUT2D eigenvalue weighted by atomic mass is 79.9. The van der Waals surface area contributed by atoms with E-state index >= 15 is 0 Å². The standard InChI is InChI=1S/C14H12BrNOS/c15-11-5-6-18-14(11)7-12(16)10-8-17-13-4-2-1-3-9(10)13/h1-6,8,12H,7,16H2. The number of thiophene rings is 1. The molecule has 0 saturated carbocycles. The molecule has 4 heteroatoms. The molecule has 0 saturated heterocycles. The summed E-state index contributed by atoms with van der Waals surface area (Å²) in [6.45, 7) is 0. The Morgan fingerprint density at radius 1 is 1.28 bits per heavy atom. The van der Waals surface area contributed by atoms with Gasteiger partial charge in [-0.25, -0.2) is 0 Å². The number of hydrogen-bond donors (Lipinski definition) is 1. The van der Waals surface area contributed by atoms with Gasteiger partial charge in [-0.1, -0.05) is 18.2 Å². The second-order valence-electron chi connectivity index (χ2n) is 4.19. The van der Waals surface area contributed by atoms with Gasteiger partial charge in [0.25, 0.3) is 0 Å². The van der Waals surface area contributed by atoms with E-state index in [1.807, 2.05) is 18.2 Å². The van der Waals surface area contributed by atoms with Crippen molar-refractivity contribution in [2.24, 2.45) is 5.73 Å². The molecule has 0 amide bonds. The van der Waals surface area contributed by atoms with Gasteiger partial charge in [0.05, 0.1) is 6.26 Å². The first kappa shape index (κ1) is 12.0. The molecular weight excluding hydrogens is 310 g/mol. The summed E-state index contributed by atoms with van der Waals surface area (Å²) >= 11 is 5.26. The summed E-state index contributed by atoms with van der Waals surface area (Å²) in [6, 6.07) is 10.0. The Bertz CT molecular complexity index is 673. The van der Waals surface area contributed by atoms with Gasteiger partial charge in [0.15, 0.2) is 0 Å². The maximum absolute atomic E-state index is 6.29. The van der Waals surface area contributed by atoms with E-state index in [2.05, 4.69) is 33.4 Å². The third-order valence-corrected chi connectivity index (χ3v) is 4.96. The lowest BCUT2D eigenvalue weighted by Crippen LogP contribution is -2.12. The largest absolute Gasteiger partial charge is 0.464 e. The van der Waals surface area contributed by atoms with E-state index < -0.39 is 0 Å². The summed E-state index contributed by atoms with van der Waals surface area (Å²) in [6.07, 6.45) is 2.60. The Hall–Kier alpha value is -1.10. The SMILES string of the molecule is NC(Cc1sccc1Br)c1coc2ccccc12. The number of benzene rings is 1. The average molecular weight is 322 g/mol. The van der Waals surface area contributed by atoms with Crippen LogP contribution in [0.25, 0.3) is 11.0 Å². The molecule has 2 heterocycles. The fourth-order valence-electron chi connectivity index (χ4n) is 2.07. The van der Waals surface area contributed by atoms with E-state index in [-0.39, 0.29) is 6.04 Å². The number of halogens is 1. The van der Waals surface area contributed by atoms with Gasteiger partial charge in [0.1, 0.15) is 5.58 Å². The minimum Gasteiger partial charge on any atom is -0.464 e. The molecule has 3 aromatic rings. The smallest absolute Gasteiger partial charge is 0.134 e. The number of rotatable bonds is 3. The van der Waals surface area contributed by atoms with Crippen molar-refractivity contribution in [3.8, 4) is 0 Å². The number of furan rings is 1. The van der Waals surface area contributed by atoms with Crippen LogP contribution in [0.5, 0.6) is 0 Å². The summed E-state index contributed by atoms with van der Waals surface area (Å²) in [7, 11) is 0. The summed E-state index contributed by atoms with van der Waals surface area (Å²) in [5.74, 6) is 0. The molecule has 1 aromatic carbocycles. The molecular formula is C14H12BrNOS. The predicted molar refractivity (Wildman–Crippen MR) is 78.9 cm³/mol. The van der Waals surface area contributed by atoms with Crippen LogP contribution < -0.4 is 5.73 Å². The van der Waals surface area contributed by atoms with E-state index in [9.17, 15) is 0 Å². The third kappa shape index (κ3) is 2.11. The minimum atomic E-state index is -0.0383. The molecule has 2 N–H and O–H groups in total. The zero-order valence-corrected chi connectivity index (χ0v) is 12.0. The molecule has 0 aliphatic rings. The normalized spacial score (nSPS) is 13.0. The van der Waals surface area contributed by atoms with Crippen molar-refractivity contribution in [1.82, 2.24) is 0 Å². The Kier molecular flexibility index (Phi) is 3.24. The number of para-hydroxylation sites is 1. The first-order chi connectivity index (χ1) is 8.75. The van der Waals surface area contributed by atoms with E-state index in [0.717, 1.165) is 27.4 Å². The summed E-state index contributed by atoms with van der Waals surface area (Å²) in [5, 5.41) is 3.18. The van der Waals surface area contributed by atoms with Crippen molar-refractivity contribution in [3.05, 3.63) is 56.9 Å². The lowest BCUT2D eigenvalue weighted by atomic mass is 10.0. The van der Waals surface area contributed by atoms with Gasteiger partial charge in [-0.05, 0) is 33.4 Å². The molecule has 18 heavy (non-hydrogen) atoms. The lowest BCUT2D eigenvalue weighted by molar-refractivity contribution is 0.599. The predicted octanol–water partition coefficient (Wildman–Crippen LogP) is 4.50. The van der Waals surface area contributed by atoms with Crippen molar-refractivity contribution in [1.29, 1.82) is 0 Å². The van der Waals surface area contributed by atoms with E-state index in [1.165, 1.54) is 4.88 Å². The second-order valence-corrected chi connectivity index (χ2v) is 6.04. The van der Waals surface area contributed by atoms with Crippen molar-refractivity contribution in [3.63, 3.8) is 0 Å². The zero-order valence-electron chi connectivity index (χ0n) is 9.60. The Morgan fingerprint density at radius 2 is 2.11 bits per heavy atom. The van der Waals surface area contributed by atoms with Gasteiger partial charge in [-0.15, -0.1) is 11.3 Å². The molecule has 1 atom stereocenters. The first-order valence-corrected chi connectivity index (χ1v) is 7.36. The molecule has 0 aliphatic heterocycles. The van der Waals surface area contributed by atoms with Crippen LogP contribution >= 0.6 is 27.3 Å². The van der Waals surface area contributed by atoms with Crippen LogP contribution in [0.15, 0.2) is 50.9 Å². The highest BCUT2D eigenvalue weighted by Gasteiger charge is 2.15. The molecule has 2 nitrogen and oxygen atoms in total.